The number of nitrogens with zero attached hydrogens (tertiary/aromatic N) is 3. The molecule has 3 aliphatic carbocycles. The van der Waals surface area contributed by atoms with E-state index in [1.807, 2.05) is 0 Å². The number of fused-ring (bicyclic) bond motifs is 15. The van der Waals surface area contributed by atoms with Gasteiger partial charge >= 0.3 is 0 Å². The summed E-state index contributed by atoms with van der Waals surface area (Å²) in [5.41, 5.74) is 17.5. The van der Waals surface area contributed by atoms with Gasteiger partial charge in [0.25, 0.3) is 0 Å². The summed E-state index contributed by atoms with van der Waals surface area (Å²) in [5.74, 6) is 1.98. The molecule has 3 nitrogen and oxygen atoms in total. The van der Waals surface area contributed by atoms with Crippen molar-refractivity contribution in [1.82, 2.24) is 15.0 Å². The van der Waals surface area contributed by atoms with E-state index < -0.39 is 5.41 Å². The molecule has 11 aromatic rings. The van der Waals surface area contributed by atoms with Crippen molar-refractivity contribution >= 4 is 32.3 Å². The van der Waals surface area contributed by atoms with Crippen molar-refractivity contribution in [3.8, 4) is 78.7 Å². The van der Waals surface area contributed by atoms with Crippen molar-refractivity contribution in [2.24, 2.45) is 0 Å². The number of benzene rings is 10. The van der Waals surface area contributed by atoms with Gasteiger partial charge in [-0.25, -0.2) is 15.0 Å². The lowest BCUT2D eigenvalue weighted by molar-refractivity contribution is 0.794. The average molecular weight is 772 g/mol. The van der Waals surface area contributed by atoms with Crippen molar-refractivity contribution in [1.29, 1.82) is 0 Å². The monoisotopic (exact) mass is 771 g/mol. The highest BCUT2D eigenvalue weighted by molar-refractivity contribution is 6.21. The van der Waals surface area contributed by atoms with Gasteiger partial charge in [0.05, 0.1) is 5.41 Å². The number of aromatic nitrogens is 3. The van der Waals surface area contributed by atoms with Gasteiger partial charge in [-0.05, 0) is 99.6 Å². The van der Waals surface area contributed by atoms with Gasteiger partial charge in [-0.1, -0.05) is 194 Å². The molecule has 1 spiro atoms. The Morgan fingerprint density at radius 1 is 0.262 bits per heavy atom. The fourth-order valence-corrected chi connectivity index (χ4v) is 11.3. The van der Waals surface area contributed by atoms with Crippen LogP contribution in [0.25, 0.3) is 111 Å². The van der Waals surface area contributed by atoms with Crippen molar-refractivity contribution in [2.75, 3.05) is 0 Å². The van der Waals surface area contributed by atoms with Gasteiger partial charge in [0, 0.05) is 22.3 Å². The van der Waals surface area contributed by atoms with Gasteiger partial charge in [0.15, 0.2) is 17.5 Å². The Bertz CT molecular complexity index is 3570. The zero-order valence-corrected chi connectivity index (χ0v) is 32.9. The lowest BCUT2D eigenvalue weighted by Crippen LogP contribution is -2.26. The molecule has 0 amide bonds. The molecule has 61 heavy (non-hydrogen) atoms. The summed E-state index contributed by atoms with van der Waals surface area (Å²) in [6.45, 7) is 0. The van der Waals surface area contributed by atoms with E-state index in [0.717, 1.165) is 38.2 Å². The third-order valence-electron chi connectivity index (χ3n) is 13.7. The van der Waals surface area contributed by atoms with Crippen LogP contribution in [-0.2, 0) is 5.41 Å². The van der Waals surface area contributed by atoms with Gasteiger partial charge in [-0.2, -0.15) is 0 Å². The van der Waals surface area contributed by atoms with Gasteiger partial charge in [-0.15, -0.1) is 0 Å². The molecule has 0 saturated heterocycles. The van der Waals surface area contributed by atoms with E-state index in [1.165, 1.54) is 77.5 Å². The van der Waals surface area contributed by atoms with E-state index in [-0.39, 0.29) is 0 Å². The van der Waals surface area contributed by atoms with Crippen molar-refractivity contribution in [3.63, 3.8) is 0 Å². The first-order chi connectivity index (χ1) is 30.3. The summed E-state index contributed by atoms with van der Waals surface area (Å²) in [4.78, 5) is 16.7. The molecule has 10 aromatic carbocycles. The molecule has 0 bridgehead atoms. The zero-order valence-electron chi connectivity index (χ0n) is 32.9. The van der Waals surface area contributed by atoms with E-state index in [1.54, 1.807) is 0 Å². The predicted molar refractivity (Wildman–Crippen MR) is 249 cm³/mol. The van der Waals surface area contributed by atoms with Gasteiger partial charge < -0.3 is 0 Å². The van der Waals surface area contributed by atoms with Crippen molar-refractivity contribution < 1.29 is 0 Å². The Kier molecular flexibility index (Phi) is 6.49. The molecule has 0 N–H and O–H groups in total. The summed E-state index contributed by atoms with van der Waals surface area (Å²) < 4.78 is 0. The number of hydrogen-bond acceptors (Lipinski definition) is 3. The molecule has 0 atom stereocenters. The molecular formula is C58H33N3. The van der Waals surface area contributed by atoms with E-state index in [4.69, 9.17) is 15.0 Å². The normalized spacial score (nSPS) is 13.4. The van der Waals surface area contributed by atoms with Gasteiger partial charge in [0.2, 0.25) is 0 Å². The quantitative estimate of drug-likeness (QED) is 0.180. The Hall–Kier alpha value is -8.01. The minimum absolute atomic E-state index is 0.546. The van der Waals surface area contributed by atoms with E-state index in [9.17, 15) is 0 Å². The average Bonchev–Trinajstić information content (AvgIpc) is 3.93. The third-order valence-corrected chi connectivity index (χ3v) is 13.7. The molecule has 3 heteroatoms. The largest absolute Gasteiger partial charge is 0.208 e. The van der Waals surface area contributed by atoms with E-state index in [0.29, 0.717) is 17.5 Å². The summed E-state index contributed by atoms with van der Waals surface area (Å²) in [5, 5.41) is 7.01. The second kappa shape index (κ2) is 12.0. The number of rotatable bonds is 3. The molecule has 280 valence electrons. The fourth-order valence-electron chi connectivity index (χ4n) is 11.3. The maximum atomic E-state index is 5.67. The number of hydrogen-bond donors (Lipinski definition) is 0. The smallest absolute Gasteiger partial charge is 0.165 e. The van der Waals surface area contributed by atoms with Crippen LogP contribution in [0.1, 0.15) is 22.3 Å². The fraction of sp³-hybridized carbons (Fsp3) is 0.0172. The van der Waals surface area contributed by atoms with Crippen LogP contribution in [0.5, 0.6) is 0 Å². The third kappa shape index (κ3) is 4.24. The lowest BCUT2D eigenvalue weighted by atomic mass is 9.70. The molecule has 0 fully saturated rings. The van der Waals surface area contributed by atoms with Crippen molar-refractivity contribution in [2.45, 2.75) is 5.41 Å². The summed E-state index contributed by atoms with van der Waals surface area (Å²) in [7, 11) is 0. The predicted octanol–water partition coefficient (Wildman–Crippen LogP) is 14.3. The zero-order chi connectivity index (χ0) is 39.8. The highest BCUT2D eigenvalue weighted by Crippen LogP contribution is 2.67. The Labute approximate surface area is 352 Å². The van der Waals surface area contributed by atoms with Crippen LogP contribution in [0, 0.1) is 0 Å². The van der Waals surface area contributed by atoms with Crippen LogP contribution in [0.3, 0.4) is 0 Å². The minimum atomic E-state index is -0.546. The van der Waals surface area contributed by atoms with E-state index >= 15 is 0 Å². The van der Waals surface area contributed by atoms with Crippen LogP contribution >= 0.6 is 0 Å². The van der Waals surface area contributed by atoms with Crippen LogP contribution in [0.4, 0.5) is 0 Å². The second-order valence-electron chi connectivity index (χ2n) is 16.6. The molecule has 0 unspecified atom stereocenters. The first kappa shape index (κ1) is 32.9. The topological polar surface area (TPSA) is 38.7 Å². The molecule has 0 saturated carbocycles. The van der Waals surface area contributed by atoms with Gasteiger partial charge in [-0.3, -0.25) is 0 Å². The van der Waals surface area contributed by atoms with Crippen molar-refractivity contribution in [3.05, 3.63) is 222 Å². The first-order valence-electron chi connectivity index (χ1n) is 21.0. The summed E-state index contributed by atoms with van der Waals surface area (Å²) in [6, 6.07) is 73.1. The van der Waals surface area contributed by atoms with Crippen LogP contribution < -0.4 is 0 Å². The van der Waals surface area contributed by atoms with Gasteiger partial charge in [0.1, 0.15) is 0 Å². The Balaban J connectivity index is 1.18. The molecule has 0 radical (unpaired) electrons. The highest BCUT2D eigenvalue weighted by Gasteiger charge is 2.53. The van der Waals surface area contributed by atoms with Crippen LogP contribution in [-0.4, -0.2) is 15.0 Å². The molecule has 0 aliphatic heterocycles. The Morgan fingerprint density at radius 2 is 0.689 bits per heavy atom. The SMILES string of the molecule is c1ccc2c(c1)-c1ccccc1C21c2ccccc2-c2c1cc1c(c2-c2nc(-c3cccc4ccccc34)nc(-c3cccc4ccccc34)n2)-c2cccc3cccc-1c23. The first-order valence-corrected chi connectivity index (χ1v) is 21.0. The lowest BCUT2D eigenvalue weighted by Gasteiger charge is -2.31. The minimum Gasteiger partial charge on any atom is -0.208 e. The van der Waals surface area contributed by atoms with E-state index in [2.05, 4.69) is 200 Å². The summed E-state index contributed by atoms with van der Waals surface area (Å²) >= 11 is 0. The van der Waals surface area contributed by atoms with Crippen LogP contribution in [0.15, 0.2) is 200 Å². The molecule has 1 aromatic heterocycles. The molecule has 3 aliphatic rings. The second-order valence-corrected chi connectivity index (χ2v) is 16.6. The maximum Gasteiger partial charge on any atom is 0.165 e. The van der Waals surface area contributed by atoms with Crippen LogP contribution in [0.2, 0.25) is 0 Å². The Morgan fingerprint density at radius 3 is 1.30 bits per heavy atom. The molecular weight excluding hydrogens is 739 g/mol. The maximum absolute atomic E-state index is 5.67. The molecule has 14 rings (SSSR count). The highest BCUT2D eigenvalue weighted by atomic mass is 15.0. The summed E-state index contributed by atoms with van der Waals surface area (Å²) in [6.07, 6.45) is 0. The standard InChI is InChI=1S/C58H33N3/c1-3-21-37-34(15-1)17-11-27-42(37)55-59-56(43-28-12-18-35-16-2-4-22-38(35)43)61-57(60-55)54-52-45-29-14-20-36-19-13-26-41(51(36)45)46(52)33-50-53(54)44-25-7-10-32-49(44)58(50)47-30-8-5-23-39(47)40-24-6-9-31-48(40)58/h1-33H. The molecule has 1 heterocycles.